The molecule has 0 radical (unpaired) electrons. The van der Waals surface area contributed by atoms with E-state index in [0.717, 1.165) is 39.3 Å². The maximum absolute atomic E-state index is 12.9. The number of anilines is 1. The number of amides is 3. The second-order valence-electron chi connectivity index (χ2n) is 6.66. The highest BCUT2D eigenvalue weighted by atomic mass is 19.1. The topological polar surface area (TPSA) is 85.9 Å². The van der Waals surface area contributed by atoms with Crippen molar-refractivity contribution < 1.29 is 18.7 Å². The van der Waals surface area contributed by atoms with Crippen LogP contribution in [0.5, 0.6) is 0 Å². The summed E-state index contributed by atoms with van der Waals surface area (Å²) in [5, 5.41) is 2.90. The molecule has 1 aromatic carbocycles. The molecule has 148 valence electrons. The molecular formula is C18H26FN5O3. The lowest BCUT2D eigenvalue weighted by Gasteiger charge is -2.28. The maximum Gasteiger partial charge on any atom is 0.318 e. The highest BCUT2D eigenvalue weighted by molar-refractivity contribution is 5.88. The Hall–Kier alpha value is -2.39. The lowest BCUT2D eigenvalue weighted by molar-refractivity contribution is -0.124. The molecule has 2 aliphatic rings. The number of likely N-dealkylation sites (tertiary alicyclic amines) is 1. The van der Waals surface area contributed by atoms with Crippen LogP contribution in [-0.4, -0.2) is 73.7 Å². The van der Waals surface area contributed by atoms with Gasteiger partial charge in [0.05, 0.1) is 18.9 Å². The van der Waals surface area contributed by atoms with Crippen molar-refractivity contribution >= 4 is 17.6 Å². The summed E-state index contributed by atoms with van der Waals surface area (Å²) in [6.45, 7) is 5.06. The molecule has 0 bridgehead atoms. The number of ether oxygens (including phenoxy) is 1. The quantitative estimate of drug-likeness (QED) is 0.636. The summed E-state index contributed by atoms with van der Waals surface area (Å²) < 4.78 is 18.2. The predicted octanol–water partition coefficient (Wildman–Crippen LogP) is 0.775. The molecule has 3 rings (SSSR count). The number of hydrazine groups is 1. The summed E-state index contributed by atoms with van der Waals surface area (Å²) in [5.74, 6) is -0.622. The minimum Gasteiger partial charge on any atom is -0.379 e. The smallest absolute Gasteiger partial charge is 0.318 e. The lowest BCUT2D eigenvalue weighted by atomic mass is 10.2. The summed E-state index contributed by atoms with van der Waals surface area (Å²) in [5.41, 5.74) is 5.92. The van der Waals surface area contributed by atoms with Gasteiger partial charge in [-0.25, -0.2) is 9.18 Å². The van der Waals surface area contributed by atoms with Crippen molar-refractivity contribution in [3.8, 4) is 0 Å². The van der Waals surface area contributed by atoms with Crippen molar-refractivity contribution in [3.63, 3.8) is 0 Å². The van der Waals surface area contributed by atoms with Crippen molar-refractivity contribution in [3.05, 3.63) is 30.1 Å². The van der Waals surface area contributed by atoms with Crippen molar-refractivity contribution in [2.24, 2.45) is 0 Å². The van der Waals surface area contributed by atoms with Crippen LogP contribution in [0.1, 0.15) is 12.8 Å². The Morgan fingerprint density at radius 1 is 1.15 bits per heavy atom. The monoisotopic (exact) mass is 379 g/mol. The van der Waals surface area contributed by atoms with E-state index in [2.05, 4.69) is 21.1 Å². The molecule has 1 unspecified atom stereocenters. The number of nitrogens with zero attached hydrogens (tertiary/aromatic N) is 2. The zero-order chi connectivity index (χ0) is 19.1. The van der Waals surface area contributed by atoms with Gasteiger partial charge in [-0.2, -0.15) is 0 Å². The SMILES string of the molecule is O=C(NNc1ccc(F)cc1)C1CCCN1C(=O)NCCN1CCOCC1. The summed E-state index contributed by atoms with van der Waals surface area (Å²) in [4.78, 5) is 28.7. The Kier molecular flexibility index (Phi) is 6.83. The van der Waals surface area contributed by atoms with Crippen LogP contribution in [0.2, 0.25) is 0 Å². The molecule has 0 spiro atoms. The Labute approximate surface area is 158 Å². The minimum atomic E-state index is -0.513. The summed E-state index contributed by atoms with van der Waals surface area (Å²) in [7, 11) is 0. The van der Waals surface area contributed by atoms with Crippen LogP contribution in [0.15, 0.2) is 24.3 Å². The molecule has 3 amide bonds. The molecule has 9 heteroatoms. The second-order valence-corrected chi connectivity index (χ2v) is 6.66. The number of hydrogen-bond donors (Lipinski definition) is 3. The fraction of sp³-hybridized carbons (Fsp3) is 0.556. The molecule has 2 saturated heterocycles. The van der Waals surface area contributed by atoms with Gasteiger partial charge in [0.2, 0.25) is 0 Å². The number of hydrogen-bond acceptors (Lipinski definition) is 5. The normalized spacial score (nSPS) is 20.3. The van der Waals surface area contributed by atoms with E-state index in [9.17, 15) is 14.0 Å². The Morgan fingerprint density at radius 3 is 2.63 bits per heavy atom. The van der Waals surface area contributed by atoms with E-state index >= 15 is 0 Å². The van der Waals surface area contributed by atoms with Crippen LogP contribution in [0.25, 0.3) is 0 Å². The van der Waals surface area contributed by atoms with Gasteiger partial charge in [0.15, 0.2) is 0 Å². The van der Waals surface area contributed by atoms with Gasteiger partial charge in [0, 0.05) is 32.7 Å². The number of nitrogens with one attached hydrogen (secondary N) is 3. The third-order valence-corrected chi connectivity index (χ3v) is 4.80. The summed E-state index contributed by atoms with van der Waals surface area (Å²) >= 11 is 0. The molecule has 8 nitrogen and oxygen atoms in total. The molecule has 2 aliphatic heterocycles. The van der Waals surface area contributed by atoms with Crippen molar-refractivity contribution in [1.29, 1.82) is 0 Å². The van der Waals surface area contributed by atoms with E-state index in [4.69, 9.17) is 4.74 Å². The minimum absolute atomic E-state index is 0.220. The molecule has 27 heavy (non-hydrogen) atoms. The van der Waals surface area contributed by atoms with Crippen LogP contribution in [0.3, 0.4) is 0 Å². The molecule has 0 aromatic heterocycles. The number of benzene rings is 1. The first-order valence-corrected chi connectivity index (χ1v) is 9.29. The molecule has 2 heterocycles. The first kappa shape index (κ1) is 19.4. The lowest BCUT2D eigenvalue weighted by Crippen LogP contribution is -2.51. The third kappa shape index (κ3) is 5.54. The third-order valence-electron chi connectivity index (χ3n) is 4.80. The van der Waals surface area contributed by atoms with Gasteiger partial charge in [-0.1, -0.05) is 0 Å². The number of halogens is 1. The molecule has 3 N–H and O–H groups in total. The van der Waals surface area contributed by atoms with Gasteiger partial charge in [0.25, 0.3) is 5.91 Å². The molecule has 0 aliphatic carbocycles. The Balaban J connectivity index is 1.43. The fourth-order valence-electron chi connectivity index (χ4n) is 3.28. The standard InChI is InChI=1S/C18H26FN5O3/c19-14-3-5-15(6-4-14)21-22-17(25)16-2-1-8-24(16)18(26)20-7-9-23-10-12-27-13-11-23/h3-6,16,21H,1-2,7-13H2,(H,20,26)(H,22,25). The number of urea groups is 1. The molecule has 2 fully saturated rings. The van der Waals surface area contributed by atoms with Gasteiger partial charge in [-0.05, 0) is 37.1 Å². The van der Waals surface area contributed by atoms with Crippen LogP contribution >= 0.6 is 0 Å². The molecule has 1 aromatic rings. The zero-order valence-electron chi connectivity index (χ0n) is 15.2. The van der Waals surface area contributed by atoms with Gasteiger partial charge < -0.3 is 15.0 Å². The zero-order valence-corrected chi connectivity index (χ0v) is 15.2. The van der Waals surface area contributed by atoms with Crippen LogP contribution in [-0.2, 0) is 9.53 Å². The summed E-state index contributed by atoms with van der Waals surface area (Å²) in [6, 6.07) is 4.93. The van der Waals surface area contributed by atoms with Gasteiger partial charge in [-0.3, -0.25) is 20.5 Å². The number of morpholine rings is 1. The second kappa shape index (κ2) is 9.52. The largest absolute Gasteiger partial charge is 0.379 e. The average Bonchev–Trinajstić information content (AvgIpc) is 3.18. The first-order valence-electron chi connectivity index (χ1n) is 9.29. The van der Waals surface area contributed by atoms with E-state index in [1.54, 1.807) is 4.90 Å². The van der Waals surface area contributed by atoms with Crippen LogP contribution in [0, 0.1) is 5.82 Å². The van der Waals surface area contributed by atoms with E-state index in [0.29, 0.717) is 25.2 Å². The highest BCUT2D eigenvalue weighted by Crippen LogP contribution is 2.17. The Morgan fingerprint density at radius 2 is 1.89 bits per heavy atom. The summed E-state index contributed by atoms with van der Waals surface area (Å²) in [6.07, 6.45) is 1.40. The first-order chi connectivity index (χ1) is 13.1. The Bertz CT molecular complexity index is 636. The van der Waals surface area contributed by atoms with E-state index in [1.807, 2.05) is 0 Å². The van der Waals surface area contributed by atoms with Gasteiger partial charge in [0.1, 0.15) is 11.9 Å². The average molecular weight is 379 g/mol. The maximum atomic E-state index is 12.9. The van der Waals surface area contributed by atoms with Gasteiger partial charge >= 0.3 is 6.03 Å². The number of carbonyl (C=O) groups excluding carboxylic acids is 2. The number of rotatable bonds is 6. The van der Waals surface area contributed by atoms with Crippen molar-refractivity contribution in [2.75, 3.05) is 51.4 Å². The van der Waals surface area contributed by atoms with Gasteiger partial charge in [-0.15, -0.1) is 0 Å². The van der Waals surface area contributed by atoms with E-state index in [-0.39, 0.29) is 17.8 Å². The fourth-order valence-corrected chi connectivity index (χ4v) is 3.28. The van der Waals surface area contributed by atoms with E-state index < -0.39 is 6.04 Å². The van der Waals surface area contributed by atoms with Crippen molar-refractivity contribution in [2.45, 2.75) is 18.9 Å². The van der Waals surface area contributed by atoms with Crippen molar-refractivity contribution in [1.82, 2.24) is 20.5 Å². The van der Waals surface area contributed by atoms with E-state index in [1.165, 1.54) is 24.3 Å². The molecule has 1 atom stereocenters. The molecular weight excluding hydrogens is 353 g/mol. The number of carbonyl (C=O) groups is 2. The molecule has 0 saturated carbocycles. The van der Waals surface area contributed by atoms with Crippen LogP contribution in [0.4, 0.5) is 14.9 Å². The highest BCUT2D eigenvalue weighted by Gasteiger charge is 2.34. The van der Waals surface area contributed by atoms with Crippen LogP contribution < -0.4 is 16.2 Å². The predicted molar refractivity (Wildman–Crippen MR) is 98.6 cm³/mol.